The van der Waals surface area contributed by atoms with E-state index in [4.69, 9.17) is 0 Å². The lowest BCUT2D eigenvalue weighted by molar-refractivity contribution is -0.115. The average Bonchev–Trinajstić information content (AvgIpc) is 2.75. The highest BCUT2D eigenvalue weighted by Gasteiger charge is 2.32. The lowest BCUT2D eigenvalue weighted by Crippen LogP contribution is -2.13. The van der Waals surface area contributed by atoms with Gasteiger partial charge in [0.05, 0.1) is 5.92 Å². The fourth-order valence-corrected chi connectivity index (χ4v) is 2.29. The quantitative estimate of drug-likeness (QED) is 0.871. The van der Waals surface area contributed by atoms with Gasteiger partial charge < -0.3 is 5.32 Å². The van der Waals surface area contributed by atoms with Crippen LogP contribution in [-0.2, 0) is 4.79 Å². The van der Waals surface area contributed by atoms with Crippen molar-refractivity contribution in [1.29, 1.82) is 0 Å². The highest BCUT2D eigenvalue weighted by Crippen LogP contribution is 2.39. The topological polar surface area (TPSA) is 42.0 Å². The second-order valence-corrected chi connectivity index (χ2v) is 4.27. The van der Waals surface area contributed by atoms with Crippen LogP contribution < -0.4 is 5.32 Å². The van der Waals surface area contributed by atoms with Gasteiger partial charge in [-0.2, -0.15) is 0 Å². The van der Waals surface area contributed by atoms with Crippen LogP contribution in [0.1, 0.15) is 17.0 Å². The van der Waals surface area contributed by atoms with Gasteiger partial charge in [0.15, 0.2) is 0 Å². The molecule has 1 aromatic heterocycles. The first-order valence-corrected chi connectivity index (χ1v) is 5.76. The van der Waals surface area contributed by atoms with Crippen LogP contribution in [0.3, 0.4) is 0 Å². The summed E-state index contributed by atoms with van der Waals surface area (Å²) in [5.41, 5.74) is 3.62. The molecule has 2 aromatic rings. The Labute approximate surface area is 105 Å². The number of nitrogens with one attached hydrogen (secondary N) is 1. The third kappa shape index (κ3) is 1.61. The summed E-state index contributed by atoms with van der Waals surface area (Å²) in [5.74, 6) is -0.318. The van der Waals surface area contributed by atoms with Crippen molar-refractivity contribution in [2.75, 3.05) is 5.32 Å². The van der Waals surface area contributed by atoms with Gasteiger partial charge in [-0.15, -0.1) is 0 Å². The highest BCUT2D eigenvalue weighted by atomic mass is 16.2. The number of amides is 1. The van der Waals surface area contributed by atoms with Crippen molar-refractivity contribution in [2.24, 2.45) is 0 Å². The maximum Gasteiger partial charge on any atom is 0.236 e. The van der Waals surface area contributed by atoms with Crippen LogP contribution >= 0.6 is 0 Å². The highest BCUT2D eigenvalue weighted by molar-refractivity contribution is 6.10. The maximum atomic E-state index is 12.1. The van der Waals surface area contributed by atoms with Gasteiger partial charge in [-0.1, -0.05) is 24.8 Å². The molecule has 1 N–H and O–H groups in total. The summed E-state index contributed by atoms with van der Waals surface area (Å²) in [7, 11) is 0. The Morgan fingerprint density at radius 1 is 1.17 bits per heavy atom. The summed E-state index contributed by atoms with van der Waals surface area (Å²) < 4.78 is 0. The number of aromatic nitrogens is 1. The predicted molar refractivity (Wildman–Crippen MR) is 71.1 cm³/mol. The first kappa shape index (κ1) is 10.7. The summed E-state index contributed by atoms with van der Waals surface area (Å²) in [4.78, 5) is 16.0. The van der Waals surface area contributed by atoms with Gasteiger partial charge in [-0.25, -0.2) is 0 Å². The zero-order chi connectivity index (χ0) is 12.5. The van der Waals surface area contributed by atoms with E-state index in [0.717, 1.165) is 22.4 Å². The Morgan fingerprint density at radius 3 is 2.67 bits per heavy atom. The van der Waals surface area contributed by atoms with Crippen molar-refractivity contribution in [3.8, 4) is 0 Å². The molecule has 2 heterocycles. The fraction of sp³-hybridized carbons (Fsp3) is 0.0667. The van der Waals surface area contributed by atoms with Gasteiger partial charge in [-0.05, 0) is 34.9 Å². The minimum atomic E-state index is -0.302. The molecule has 1 amide bonds. The fourth-order valence-electron chi connectivity index (χ4n) is 2.29. The SMILES string of the molecule is C=C(c1ccncc1)C1C(=O)Nc2ccccc21. The normalized spacial score (nSPS) is 17.1. The Balaban J connectivity index is 2.03. The average molecular weight is 236 g/mol. The number of benzene rings is 1. The minimum absolute atomic E-state index is 0.0157. The van der Waals surface area contributed by atoms with Gasteiger partial charge in [0.1, 0.15) is 0 Å². The molecule has 3 rings (SSSR count). The van der Waals surface area contributed by atoms with Crippen LogP contribution in [0.15, 0.2) is 55.4 Å². The van der Waals surface area contributed by atoms with E-state index in [1.165, 1.54) is 0 Å². The monoisotopic (exact) mass is 236 g/mol. The number of rotatable bonds is 2. The van der Waals surface area contributed by atoms with E-state index in [1.807, 2.05) is 36.4 Å². The molecule has 1 aromatic carbocycles. The number of hydrogen-bond acceptors (Lipinski definition) is 2. The Kier molecular flexibility index (Phi) is 2.45. The van der Waals surface area contributed by atoms with Crippen molar-refractivity contribution in [3.63, 3.8) is 0 Å². The third-order valence-electron chi connectivity index (χ3n) is 3.19. The molecular weight excluding hydrogens is 224 g/mol. The molecule has 0 saturated heterocycles. The predicted octanol–water partition coefficient (Wildman–Crippen LogP) is 2.83. The van der Waals surface area contributed by atoms with Gasteiger partial charge in [0, 0.05) is 18.1 Å². The standard InChI is InChI=1S/C15H12N2O/c1-10(11-6-8-16-9-7-11)14-12-4-2-3-5-13(12)17-15(14)18/h2-9,14H,1H2,(H,17,18). The summed E-state index contributed by atoms with van der Waals surface area (Å²) in [5, 5.41) is 2.88. The Hall–Kier alpha value is -2.42. The van der Waals surface area contributed by atoms with Crippen LogP contribution in [0.25, 0.3) is 5.57 Å². The number of pyridine rings is 1. The van der Waals surface area contributed by atoms with E-state index >= 15 is 0 Å². The van der Waals surface area contributed by atoms with Crippen molar-refractivity contribution in [2.45, 2.75) is 5.92 Å². The van der Waals surface area contributed by atoms with E-state index in [9.17, 15) is 4.79 Å². The second-order valence-electron chi connectivity index (χ2n) is 4.27. The number of carbonyl (C=O) groups is 1. The molecule has 3 heteroatoms. The largest absolute Gasteiger partial charge is 0.325 e. The molecule has 0 aliphatic carbocycles. The van der Waals surface area contributed by atoms with Crippen LogP contribution in [0, 0.1) is 0 Å². The van der Waals surface area contributed by atoms with Crippen LogP contribution in [0.5, 0.6) is 0 Å². The molecule has 1 unspecified atom stereocenters. The second kappa shape index (κ2) is 4.11. The number of nitrogens with zero attached hydrogens (tertiary/aromatic N) is 1. The number of anilines is 1. The zero-order valence-electron chi connectivity index (χ0n) is 9.76. The van der Waals surface area contributed by atoms with Gasteiger partial charge >= 0.3 is 0 Å². The first-order valence-electron chi connectivity index (χ1n) is 5.76. The molecule has 0 bridgehead atoms. The summed E-state index contributed by atoms with van der Waals surface area (Å²) in [6, 6.07) is 11.5. The lowest BCUT2D eigenvalue weighted by Gasteiger charge is -2.12. The van der Waals surface area contributed by atoms with Crippen molar-refractivity contribution < 1.29 is 4.79 Å². The first-order chi connectivity index (χ1) is 8.77. The molecule has 3 nitrogen and oxygen atoms in total. The van der Waals surface area contributed by atoms with E-state index in [1.54, 1.807) is 12.4 Å². The van der Waals surface area contributed by atoms with Gasteiger partial charge in [-0.3, -0.25) is 9.78 Å². The Bertz CT molecular complexity index is 619. The molecule has 0 radical (unpaired) electrons. The van der Waals surface area contributed by atoms with E-state index in [2.05, 4.69) is 16.9 Å². The molecule has 1 atom stereocenters. The molecule has 1 aliphatic heterocycles. The molecule has 0 spiro atoms. The summed E-state index contributed by atoms with van der Waals surface area (Å²) in [6.45, 7) is 4.07. The van der Waals surface area contributed by atoms with E-state index in [0.29, 0.717) is 0 Å². The van der Waals surface area contributed by atoms with Crippen LogP contribution in [0.4, 0.5) is 5.69 Å². The number of para-hydroxylation sites is 1. The smallest absolute Gasteiger partial charge is 0.236 e. The van der Waals surface area contributed by atoms with E-state index in [-0.39, 0.29) is 11.8 Å². The summed E-state index contributed by atoms with van der Waals surface area (Å²) in [6.07, 6.45) is 3.42. The lowest BCUT2D eigenvalue weighted by atomic mass is 9.89. The van der Waals surface area contributed by atoms with Gasteiger partial charge in [0.25, 0.3) is 0 Å². The maximum absolute atomic E-state index is 12.1. The molecule has 88 valence electrons. The number of carbonyl (C=O) groups excluding carboxylic acids is 1. The van der Waals surface area contributed by atoms with E-state index < -0.39 is 0 Å². The molecule has 0 saturated carbocycles. The third-order valence-corrected chi connectivity index (χ3v) is 3.19. The van der Waals surface area contributed by atoms with Crippen LogP contribution in [0.2, 0.25) is 0 Å². The molecule has 0 fully saturated rings. The van der Waals surface area contributed by atoms with Crippen molar-refractivity contribution in [3.05, 3.63) is 66.5 Å². The zero-order valence-corrected chi connectivity index (χ0v) is 9.76. The minimum Gasteiger partial charge on any atom is -0.325 e. The Morgan fingerprint density at radius 2 is 1.89 bits per heavy atom. The summed E-state index contributed by atoms with van der Waals surface area (Å²) >= 11 is 0. The van der Waals surface area contributed by atoms with Crippen molar-refractivity contribution >= 4 is 17.2 Å². The van der Waals surface area contributed by atoms with Crippen molar-refractivity contribution in [1.82, 2.24) is 4.98 Å². The number of fused-ring (bicyclic) bond motifs is 1. The van der Waals surface area contributed by atoms with Gasteiger partial charge in [0.2, 0.25) is 5.91 Å². The van der Waals surface area contributed by atoms with Crippen LogP contribution in [-0.4, -0.2) is 10.9 Å². The number of hydrogen-bond donors (Lipinski definition) is 1. The molecular formula is C15H12N2O. The molecule has 1 aliphatic rings. The molecule has 18 heavy (non-hydrogen) atoms.